The molecule has 4 heterocycles. The Morgan fingerprint density at radius 3 is 2.67 bits per heavy atom. The average molecular weight is 625 g/mol. The van der Waals surface area contributed by atoms with E-state index in [9.17, 15) is 19.5 Å². The maximum Gasteiger partial charge on any atom is 0.343 e. The van der Waals surface area contributed by atoms with Crippen LogP contribution in [0, 0.1) is 0 Å². The highest BCUT2D eigenvalue weighted by molar-refractivity contribution is 5.92. The van der Waals surface area contributed by atoms with Crippen molar-refractivity contribution < 1.29 is 29.0 Å². The third-order valence-electron chi connectivity index (χ3n) is 8.27. The van der Waals surface area contributed by atoms with Crippen molar-refractivity contribution in [3.05, 3.63) is 92.8 Å². The summed E-state index contributed by atoms with van der Waals surface area (Å²) in [5.41, 5.74) is 7.99. The molecular weight excluding hydrogens is 588 g/mol. The van der Waals surface area contributed by atoms with Gasteiger partial charge in [0, 0.05) is 34.7 Å². The molecule has 0 fully saturated rings. The van der Waals surface area contributed by atoms with E-state index in [4.69, 9.17) is 25.0 Å². The van der Waals surface area contributed by atoms with Gasteiger partial charge >= 0.3 is 11.9 Å². The number of nitrogens with zero attached hydrogens (tertiary/aromatic N) is 3. The molecule has 0 aliphatic carbocycles. The van der Waals surface area contributed by atoms with Crippen molar-refractivity contribution in [1.29, 1.82) is 0 Å². The van der Waals surface area contributed by atoms with Crippen LogP contribution < -0.4 is 16.0 Å². The molecule has 46 heavy (non-hydrogen) atoms. The molecule has 0 saturated carbocycles. The highest BCUT2D eigenvalue weighted by Crippen LogP contribution is 2.40. The summed E-state index contributed by atoms with van der Waals surface area (Å²) < 4.78 is 12.6. The van der Waals surface area contributed by atoms with Gasteiger partial charge in [-0.25, -0.2) is 14.6 Å². The molecule has 2 aliphatic rings. The van der Waals surface area contributed by atoms with Crippen molar-refractivity contribution in [1.82, 2.24) is 9.55 Å². The summed E-state index contributed by atoms with van der Waals surface area (Å²) in [6.07, 6.45) is 2.23. The van der Waals surface area contributed by atoms with Crippen molar-refractivity contribution in [3.8, 4) is 17.1 Å². The average Bonchev–Trinajstić information content (AvgIpc) is 3.38. The zero-order valence-electron chi connectivity index (χ0n) is 26.2. The van der Waals surface area contributed by atoms with Gasteiger partial charge in [-0.1, -0.05) is 42.4 Å². The van der Waals surface area contributed by atoms with Gasteiger partial charge in [-0.2, -0.15) is 0 Å². The number of hydrogen-bond acceptors (Lipinski definition) is 10. The van der Waals surface area contributed by atoms with Gasteiger partial charge in [0.05, 0.1) is 29.0 Å². The monoisotopic (exact) mass is 624 g/mol. The molecule has 0 unspecified atom stereocenters. The van der Waals surface area contributed by atoms with Gasteiger partial charge in [0.2, 0.25) is 0 Å². The number of cyclic esters (lactones) is 1. The summed E-state index contributed by atoms with van der Waals surface area (Å²) in [4.78, 5) is 49.7. The molecule has 0 saturated heterocycles. The number of aliphatic hydroxyl groups is 1. The smallest absolute Gasteiger partial charge is 0.343 e. The summed E-state index contributed by atoms with van der Waals surface area (Å²) in [6.45, 7) is 7.34. The topological polar surface area (TPSA) is 155 Å². The molecule has 4 aromatic rings. The van der Waals surface area contributed by atoms with E-state index in [1.807, 2.05) is 57.2 Å². The normalized spacial score (nSPS) is 17.7. The lowest BCUT2D eigenvalue weighted by Crippen LogP contribution is -2.44. The molecule has 2 aliphatic heterocycles. The number of benzene rings is 2. The van der Waals surface area contributed by atoms with Gasteiger partial charge in [0.25, 0.3) is 5.56 Å². The summed E-state index contributed by atoms with van der Waals surface area (Å²) in [6, 6.07) is 15.6. The maximum atomic E-state index is 13.6. The summed E-state index contributed by atoms with van der Waals surface area (Å²) in [5.74, 6) is -1.04. The summed E-state index contributed by atoms with van der Waals surface area (Å²) in [7, 11) is 0. The Labute approximate surface area is 265 Å². The van der Waals surface area contributed by atoms with E-state index in [0.717, 1.165) is 11.1 Å². The van der Waals surface area contributed by atoms with E-state index < -0.39 is 29.2 Å². The van der Waals surface area contributed by atoms with E-state index in [-0.39, 0.29) is 42.7 Å². The zero-order valence-corrected chi connectivity index (χ0v) is 26.2. The minimum Gasteiger partial charge on any atom is -0.458 e. The number of hydrogen-bond donors (Lipinski definition) is 2. The van der Waals surface area contributed by atoms with Crippen LogP contribution in [-0.2, 0) is 50.8 Å². The Morgan fingerprint density at radius 1 is 1.20 bits per heavy atom. The first-order valence-corrected chi connectivity index (χ1v) is 15.2. The van der Waals surface area contributed by atoms with Crippen LogP contribution in [-0.4, -0.2) is 44.5 Å². The Balaban J connectivity index is 1.40. The molecule has 0 amide bonds. The maximum absolute atomic E-state index is 13.6. The number of carbonyl (C=O) groups excluding carboxylic acids is 2. The number of esters is 2. The highest BCUT2D eigenvalue weighted by atomic mass is 16.6. The highest BCUT2D eigenvalue weighted by Gasteiger charge is 2.45. The van der Waals surface area contributed by atoms with Gasteiger partial charge in [-0.3, -0.25) is 4.79 Å². The van der Waals surface area contributed by atoms with Crippen molar-refractivity contribution >= 4 is 29.1 Å². The van der Waals surface area contributed by atoms with Crippen molar-refractivity contribution in [2.24, 2.45) is 10.9 Å². The molecule has 11 heteroatoms. The first kappa shape index (κ1) is 31.1. The number of ether oxygens (including phenoxy) is 2. The lowest BCUT2D eigenvalue weighted by molar-refractivity contribution is -0.172. The van der Waals surface area contributed by atoms with Crippen LogP contribution in [0.25, 0.3) is 22.3 Å². The fourth-order valence-corrected chi connectivity index (χ4v) is 5.86. The third kappa shape index (κ3) is 5.67. The second-order valence-corrected chi connectivity index (χ2v) is 12.6. The number of pyridine rings is 2. The van der Waals surface area contributed by atoms with Gasteiger partial charge in [-0.05, 0) is 63.4 Å². The fraction of sp³-hybridized carbons (Fsp3) is 0.343. The van der Waals surface area contributed by atoms with Crippen LogP contribution in [0.1, 0.15) is 61.9 Å². The molecule has 0 bridgehead atoms. The lowest BCUT2D eigenvalue weighted by Gasteiger charge is -2.31. The molecule has 0 radical (unpaired) electrons. The molecule has 2 aromatic carbocycles. The van der Waals surface area contributed by atoms with Crippen LogP contribution in [0.4, 0.5) is 0 Å². The Kier molecular flexibility index (Phi) is 7.99. The SMILES string of the molecule is CC[C@@]1(O)C(=O)OCc2c1cc1n(c2=O)Cc2cc3c(C/C=N/OC(C)(C)C)c(OC(=O)[C@H](N)Cc4ccccc4)ccc3nc2-1. The first-order valence-electron chi connectivity index (χ1n) is 15.2. The molecular formula is C35H36N4O7. The number of rotatable bonds is 8. The predicted molar refractivity (Wildman–Crippen MR) is 171 cm³/mol. The molecule has 2 atom stereocenters. The Bertz CT molecular complexity index is 1950. The standard InChI is InChI=1S/C35H36N4O7/c1-5-35(43)25-17-28-30-21(18-39(28)31(40)24(25)19-44-33(35)42)16-23-22(13-14-37-46-34(2,3)4)29(12-11-27(23)38-30)45-32(41)26(36)15-20-9-7-6-8-10-20/h6-12,14,16-17,26,43H,5,13,15,18-19,36H2,1-4H3/b37-14+/t26-,35+/m1/s1. The number of carbonyl (C=O) groups is 2. The molecule has 6 rings (SSSR count). The predicted octanol–water partition coefficient (Wildman–Crippen LogP) is 3.90. The number of aromatic nitrogens is 2. The van der Waals surface area contributed by atoms with Gasteiger partial charge in [0.1, 0.15) is 24.0 Å². The number of nitrogens with two attached hydrogens (primary N) is 1. The Morgan fingerprint density at radius 2 is 1.96 bits per heavy atom. The van der Waals surface area contributed by atoms with Crippen LogP contribution in [0.2, 0.25) is 0 Å². The van der Waals surface area contributed by atoms with Gasteiger partial charge in [0.15, 0.2) is 5.60 Å². The summed E-state index contributed by atoms with van der Waals surface area (Å²) >= 11 is 0. The van der Waals surface area contributed by atoms with E-state index >= 15 is 0 Å². The van der Waals surface area contributed by atoms with Crippen molar-refractivity contribution in [2.45, 2.75) is 77.4 Å². The minimum absolute atomic E-state index is 0.0556. The molecule has 2 aromatic heterocycles. The van der Waals surface area contributed by atoms with Crippen LogP contribution in [0.15, 0.2) is 64.5 Å². The van der Waals surface area contributed by atoms with Crippen LogP contribution >= 0.6 is 0 Å². The Hall–Kier alpha value is -4.87. The van der Waals surface area contributed by atoms with Crippen LogP contribution in [0.3, 0.4) is 0 Å². The van der Waals surface area contributed by atoms with Gasteiger partial charge < -0.3 is 29.7 Å². The minimum atomic E-state index is -1.91. The second kappa shape index (κ2) is 11.8. The molecule has 3 N–H and O–H groups in total. The molecule has 11 nitrogen and oxygen atoms in total. The third-order valence-corrected chi connectivity index (χ3v) is 8.27. The lowest BCUT2D eigenvalue weighted by atomic mass is 9.86. The quantitative estimate of drug-likeness (QED) is 0.113. The fourth-order valence-electron chi connectivity index (χ4n) is 5.86. The number of oxime groups is 1. The zero-order chi connectivity index (χ0) is 32.8. The molecule has 0 spiro atoms. The van der Waals surface area contributed by atoms with Crippen molar-refractivity contribution in [3.63, 3.8) is 0 Å². The van der Waals surface area contributed by atoms with Crippen LogP contribution in [0.5, 0.6) is 5.75 Å². The van der Waals surface area contributed by atoms with E-state index in [2.05, 4.69) is 5.16 Å². The second-order valence-electron chi connectivity index (χ2n) is 12.6. The largest absolute Gasteiger partial charge is 0.458 e. The van der Waals surface area contributed by atoms with Crippen molar-refractivity contribution in [2.75, 3.05) is 0 Å². The molecule has 238 valence electrons. The van der Waals surface area contributed by atoms with E-state index in [1.165, 1.54) is 0 Å². The van der Waals surface area contributed by atoms with Gasteiger partial charge in [-0.15, -0.1) is 0 Å². The summed E-state index contributed by atoms with van der Waals surface area (Å²) in [5, 5.41) is 16.0. The van der Waals surface area contributed by atoms with E-state index in [0.29, 0.717) is 40.0 Å². The van der Waals surface area contributed by atoms with E-state index in [1.54, 1.807) is 35.9 Å². The first-order chi connectivity index (χ1) is 21.9. The number of fused-ring (bicyclic) bond motifs is 5.